The van der Waals surface area contributed by atoms with Crippen LogP contribution in [0.3, 0.4) is 0 Å². The van der Waals surface area contributed by atoms with Crippen LogP contribution in [0, 0.1) is 0 Å². The van der Waals surface area contributed by atoms with E-state index in [2.05, 4.69) is 0 Å². The number of carbonyl (C=O) groups excluding carboxylic acids is 1. The number of ether oxygens (including phenoxy) is 1. The molecule has 18 heavy (non-hydrogen) atoms. The molecule has 1 atom stereocenters. The van der Waals surface area contributed by atoms with Gasteiger partial charge in [-0.15, -0.1) is 0 Å². The van der Waals surface area contributed by atoms with Gasteiger partial charge in [0.2, 0.25) is 0 Å². The number of aliphatic carboxylic acids is 1. The van der Waals surface area contributed by atoms with Gasteiger partial charge in [0, 0.05) is 12.6 Å². The van der Waals surface area contributed by atoms with E-state index < -0.39 is 18.2 Å². The van der Waals surface area contributed by atoms with Crippen molar-refractivity contribution >= 4 is 12.1 Å². The van der Waals surface area contributed by atoms with Crippen molar-refractivity contribution in [2.45, 2.75) is 32.4 Å². The van der Waals surface area contributed by atoms with E-state index in [4.69, 9.17) is 9.84 Å². The molecule has 0 saturated carbocycles. The van der Waals surface area contributed by atoms with Gasteiger partial charge in [-0.1, -0.05) is 13.3 Å². The molecule has 1 N–H and O–H groups in total. The van der Waals surface area contributed by atoms with Gasteiger partial charge in [0.1, 0.15) is 6.17 Å². The summed E-state index contributed by atoms with van der Waals surface area (Å²) in [5.74, 6) is -1.16. The van der Waals surface area contributed by atoms with E-state index in [9.17, 15) is 14.0 Å². The maximum absolute atomic E-state index is 13.6. The fraction of sp³-hybridized carbons (Fsp3) is 0.667. The minimum absolute atomic E-state index is 0.135. The van der Waals surface area contributed by atoms with E-state index in [0.29, 0.717) is 13.2 Å². The Balaban J connectivity index is 2.45. The summed E-state index contributed by atoms with van der Waals surface area (Å²) in [6.45, 7) is 2.48. The fourth-order valence-corrected chi connectivity index (χ4v) is 1.70. The smallest absolute Gasteiger partial charge is 0.409 e. The quantitative estimate of drug-likeness (QED) is 0.619. The zero-order valence-electron chi connectivity index (χ0n) is 10.4. The molecule has 1 unspecified atom stereocenters. The second-order valence-electron chi connectivity index (χ2n) is 4.19. The number of alkyl halides is 1. The average Bonchev–Trinajstić information content (AvgIpc) is 2.31. The van der Waals surface area contributed by atoms with Gasteiger partial charge in [-0.3, -0.25) is 0 Å². The zero-order valence-corrected chi connectivity index (χ0v) is 10.4. The largest absolute Gasteiger partial charge is 0.478 e. The molecule has 1 fully saturated rings. The van der Waals surface area contributed by atoms with Crippen LogP contribution in [0.15, 0.2) is 11.6 Å². The average molecular weight is 259 g/mol. The van der Waals surface area contributed by atoms with E-state index in [1.807, 2.05) is 6.92 Å². The number of likely N-dealkylation sites (tertiary alicyclic amines) is 1. The van der Waals surface area contributed by atoms with Crippen molar-refractivity contribution in [2.24, 2.45) is 0 Å². The summed E-state index contributed by atoms with van der Waals surface area (Å²) in [6, 6.07) is 0. The molecular formula is C12H18FNO4. The minimum Gasteiger partial charge on any atom is -0.478 e. The van der Waals surface area contributed by atoms with Crippen LogP contribution < -0.4 is 0 Å². The van der Waals surface area contributed by atoms with Crippen molar-refractivity contribution in [3.05, 3.63) is 11.6 Å². The maximum Gasteiger partial charge on any atom is 0.409 e. The highest BCUT2D eigenvalue weighted by Crippen LogP contribution is 2.20. The van der Waals surface area contributed by atoms with Crippen molar-refractivity contribution in [1.82, 2.24) is 4.90 Å². The summed E-state index contributed by atoms with van der Waals surface area (Å²) < 4.78 is 18.6. The fourth-order valence-electron chi connectivity index (χ4n) is 1.70. The number of hydrogen-bond acceptors (Lipinski definition) is 3. The number of piperidine rings is 1. The Bertz CT molecular complexity index is 343. The monoisotopic (exact) mass is 259 g/mol. The highest BCUT2D eigenvalue weighted by Gasteiger charge is 2.28. The van der Waals surface area contributed by atoms with Gasteiger partial charge in [0.05, 0.1) is 13.2 Å². The summed E-state index contributed by atoms with van der Waals surface area (Å²) in [5, 5.41) is 8.55. The highest BCUT2D eigenvalue weighted by atomic mass is 19.1. The van der Waals surface area contributed by atoms with Crippen molar-refractivity contribution in [3.63, 3.8) is 0 Å². The van der Waals surface area contributed by atoms with E-state index in [-0.39, 0.29) is 18.5 Å². The van der Waals surface area contributed by atoms with Crippen LogP contribution in [-0.4, -0.2) is 47.9 Å². The molecule has 0 aromatic heterocycles. The summed E-state index contributed by atoms with van der Waals surface area (Å²) in [5.41, 5.74) is 0.222. The standard InChI is InChI=1S/C12H18FNO4/c1-2-3-6-18-12(17)14-5-4-9(7-11(15)16)10(13)8-14/h7,10H,2-6,8H2,1H3,(H,15,16). The Kier molecular flexibility index (Phi) is 5.61. The predicted molar refractivity (Wildman–Crippen MR) is 63.1 cm³/mol. The number of carboxylic acids is 1. The van der Waals surface area contributed by atoms with Crippen molar-refractivity contribution in [2.75, 3.05) is 19.7 Å². The third-order valence-corrected chi connectivity index (χ3v) is 2.74. The van der Waals surface area contributed by atoms with Gasteiger partial charge in [0.15, 0.2) is 0 Å². The van der Waals surface area contributed by atoms with E-state index in [0.717, 1.165) is 18.9 Å². The maximum atomic E-state index is 13.6. The highest BCUT2D eigenvalue weighted by molar-refractivity contribution is 5.81. The molecule has 1 aliphatic heterocycles. The van der Waals surface area contributed by atoms with Crippen molar-refractivity contribution < 1.29 is 23.8 Å². The third-order valence-electron chi connectivity index (χ3n) is 2.74. The Morgan fingerprint density at radius 3 is 2.89 bits per heavy atom. The van der Waals surface area contributed by atoms with Gasteiger partial charge in [-0.2, -0.15) is 0 Å². The van der Waals surface area contributed by atoms with Crippen LogP contribution in [0.2, 0.25) is 0 Å². The van der Waals surface area contributed by atoms with Gasteiger partial charge in [-0.05, 0) is 18.4 Å². The van der Waals surface area contributed by atoms with E-state index in [1.54, 1.807) is 0 Å². The van der Waals surface area contributed by atoms with Crippen LogP contribution in [0.25, 0.3) is 0 Å². The lowest BCUT2D eigenvalue weighted by Crippen LogP contribution is -2.42. The molecule has 0 aromatic carbocycles. The minimum atomic E-state index is -1.42. The van der Waals surface area contributed by atoms with Crippen LogP contribution >= 0.6 is 0 Å². The van der Waals surface area contributed by atoms with E-state index in [1.165, 1.54) is 4.90 Å². The molecule has 6 heteroatoms. The lowest BCUT2D eigenvalue weighted by molar-refractivity contribution is -0.131. The topological polar surface area (TPSA) is 66.8 Å². The number of hydrogen-bond donors (Lipinski definition) is 1. The molecule has 1 aliphatic rings. The molecule has 0 aromatic rings. The second-order valence-corrected chi connectivity index (χ2v) is 4.19. The Morgan fingerprint density at radius 1 is 1.61 bits per heavy atom. The summed E-state index contributed by atoms with van der Waals surface area (Å²) in [7, 11) is 0. The lowest BCUT2D eigenvalue weighted by atomic mass is 10.0. The SMILES string of the molecule is CCCCOC(=O)N1CCC(=CC(=O)O)C(F)C1. The molecule has 1 amide bonds. The zero-order chi connectivity index (χ0) is 13.5. The Labute approximate surface area is 105 Å². The first-order valence-electron chi connectivity index (χ1n) is 6.03. The molecule has 0 spiro atoms. The van der Waals surface area contributed by atoms with Crippen LogP contribution in [0.4, 0.5) is 9.18 Å². The number of carboxylic acid groups (broad SMARTS) is 1. The summed E-state index contributed by atoms with van der Waals surface area (Å²) >= 11 is 0. The second kappa shape index (κ2) is 6.98. The number of halogens is 1. The van der Waals surface area contributed by atoms with Crippen molar-refractivity contribution in [1.29, 1.82) is 0 Å². The van der Waals surface area contributed by atoms with Crippen LogP contribution in [-0.2, 0) is 9.53 Å². The Morgan fingerprint density at radius 2 is 2.33 bits per heavy atom. The predicted octanol–water partition coefficient (Wildman–Crippen LogP) is 1.98. The summed E-state index contributed by atoms with van der Waals surface area (Å²) in [6.07, 6.45) is 0.864. The van der Waals surface area contributed by atoms with Crippen LogP contribution in [0.1, 0.15) is 26.2 Å². The molecule has 0 radical (unpaired) electrons. The van der Waals surface area contributed by atoms with Crippen LogP contribution in [0.5, 0.6) is 0 Å². The van der Waals surface area contributed by atoms with Gasteiger partial charge >= 0.3 is 12.1 Å². The first kappa shape index (κ1) is 14.5. The molecule has 0 aliphatic carbocycles. The first-order valence-corrected chi connectivity index (χ1v) is 6.03. The molecule has 5 nitrogen and oxygen atoms in total. The summed E-state index contributed by atoms with van der Waals surface area (Å²) in [4.78, 5) is 23.3. The van der Waals surface area contributed by atoms with Gasteiger partial charge in [0.25, 0.3) is 0 Å². The Hall–Kier alpha value is -1.59. The number of carbonyl (C=O) groups is 2. The molecule has 0 bridgehead atoms. The molecule has 1 rings (SSSR count). The third kappa shape index (κ3) is 4.35. The number of rotatable bonds is 4. The van der Waals surface area contributed by atoms with Gasteiger partial charge in [-0.25, -0.2) is 14.0 Å². The molecule has 1 heterocycles. The molecule has 102 valence electrons. The molecule has 1 saturated heterocycles. The first-order chi connectivity index (χ1) is 8.54. The normalized spacial score (nSPS) is 22.0. The van der Waals surface area contributed by atoms with Crippen molar-refractivity contribution in [3.8, 4) is 0 Å². The molecular weight excluding hydrogens is 241 g/mol. The van der Waals surface area contributed by atoms with E-state index >= 15 is 0 Å². The number of amides is 1. The van der Waals surface area contributed by atoms with Gasteiger partial charge < -0.3 is 14.7 Å². The number of nitrogens with zero attached hydrogens (tertiary/aromatic N) is 1. The lowest BCUT2D eigenvalue weighted by Gasteiger charge is -2.30. The number of unbranched alkanes of at least 4 members (excludes halogenated alkanes) is 1.